The third-order valence-electron chi connectivity index (χ3n) is 3.12. The highest BCUT2D eigenvalue weighted by Gasteiger charge is 2.30. The Morgan fingerprint density at radius 1 is 1.21 bits per heavy atom. The highest BCUT2D eigenvalue weighted by Crippen LogP contribution is 2.12. The fraction of sp³-hybridized carbons (Fsp3) is 0.900. The summed E-state index contributed by atoms with van der Waals surface area (Å²) >= 11 is 0. The second kappa shape index (κ2) is 4.28. The molecule has 14 heavy (non-hydrogen) atoms. The molecule has 1 atom stereocenters. The molecule has 80 valence electrons. The molecule has 0 aromatic heterocycles. The molecule has 0 bridgehead atoms. The Bertz CT molecular complexity index is 213. The van der Waals surface area contributed by atoms with Crippen LogP contribution in [-0.4, -0.2) is 48.5 Å². The Kier molecular flexibility index (Phi) is 3.03. The van der Waals surface area contributed by atoms with Crippen LogP contribution < -0.4 is 5.43 Å². The summed E-state index contributed by atoms with van der Waals surface area (Å²) in [7, 11) is 1.88. The van der Waals surface area contributed by atoms with Crippen LogP contribution in [0.1, 0.15) is 25.7 Å². The van der Waals surface area contributed by atoms with Crippen LogP contribution in [0.5, 0.6) is 0 Å². The molecule has 2 aliphatic rings. The topological polar surface area (TPSA) is 35.6 Å². The second-order valence-corrected chi connectivity index (χ2v) is 4.28. The number of hydrogen-bond donors (Lipinski definition) is 1. The Morgan fingerprint density at radius 3 is 2.50 bits per heavy atom. The normalized spacial score (nSPS) is 29.9. The average Bonchev–Trinajstić information content (AvgIpc) is 2.52. The predicted molar refractivity (Wildman–Crippen MR) is 54.6 cm³/mol. The number of nitrogens with zero attached hydrogens (tertiary/aromatic N) is 2. The summed E-state index contributed by atoms with van der Waals surface area (Å²) in [5, 5.41) is 2.21. The standard InChI is InChI=1S/C10H19N3O/c1-12-8-5-9(10(12)14)11-13-6-3-2-4-7-13/h9,11H,2-8H2,1H3. The van der Waals surface area contributed by atoms with Crippen molar-refractivity contribution in [3.05, 3.63) is 0 Å². The van der Waals surface area contributed by atoms with Crippen molar-refractivity contribution in [2.24, 2.45) is 0 Å². The SMILES string of the molecule is CN1CCC(NN2CCCCC2)C1=O. The summed E-state index contributed by atoms with van der Waals surface area (Å²) in [6.07, 6.45) is 4.79. The largest absolute Gasteiger partial charge is 0.344 e. The van der Waals surface area contributed by atoms with E-state index in [9.17, 15) is 4.79 Å². The molecule has 1 N–H and O–H groups in total. The van der Waals surface area contributed by atoms with E-state index in [0.717, 1.165) is 26.1 Å². The summed E-state index contributed by atoms with van der Waals surface area (Å²) < 4.78 is 0. The van der Waals surface area contributed by atoms with Crippen molar-refractivity contribution >= 4 is 5.91 Å². The average molecular weight is 197 g/mol. The molecule has 2 heterocycles. The number of carbonyl (C=O) groups is 1. The molecule has 2 rings (SSSR count). The van der Waals surface area contributed by atoms with E-state index in [2.05, 4.69) is 10.4 Å². The van der Waals surface area contributed by atoms with Crippen LogP contribution in [-0.2, 0) is 4.79 Å². The Morgan fingerprint density at radius 2 is 1.93 bits per heavy atom. The molecule has 0 aliphatic carbocycles. The molecule has 2 saturated heterocycles. The first kappa shape index (κ1) is 9.93. The number of hydrogen-bond acceptors (Lipinski definition) is 3. The van der Waals surface area contributed by atoms with E-state index in [1.54, 1.807) is 0 Å². The molecule has 0 radical (unpaired) electrons. The van der Waals surface area contributed by atoms with E-state index in [1.807, 2.05) is 11.9 Å². The molecule has 2 aliphatic heterocycles. The minimum atomic E-state index is 0.0399. The molecule has 1 amide bonds. The number of hydrazine groups is 1. The van der Waals surface area contributed by atoms with Crippen LogP contribution in [0.2, 0.25) is 0 Å². The van der Waals surface area contributed by atoms with Crippen LogP contribution in [0.3, 0.4) is 0 Å². The maximum Gasteiger partial charge on any atom is 0.240 e. The first-order chi connectivity index (χ1) is 6.77. The molecule has 2 fully saturated rings. The van der Waals surface area contributed by atoms with E-state index >= 15 is 0 Å². The Balaban J connectivity index is 1.82. The van der Waals surface area contributed by atoms with Crippen molar-refractivity contribution in [1.29, 1.82) is 0 Å². The Labute approximate surface area is 85.2 Å². The van der Waals surface area contributed by atoms with Gasteiger partial charge in [-0.2, -0.15) is 0 Å². The summed E-state index contributed by atoms with van der Waals surface area (Å²) in [5.41, 5.74) is 3.34. The zero-order chi connectivity index (χ0) is 9.97. The molecular formula is C10H19N3O. The zero-order valence-electron chi connectivity index (χ0n) is 8.83. The van der Waals surface area contributed by atoms with Crippen molar-refractivity contribution in [2.45, 2.75) is 31.7 Å². The van der Waals surface area contributed by atoms with Crippen molar-refractivity contribution in [3.63, 3.8) is 0 Å². The number of rotatable bonds is 2. The number of carbonyl (C=O) groups excluding carboxylic acids is 1. The van der Waals surface area contributed by atoms with Gasteiger partial charge in [0.1, 0.15) is 6.04 Å². The monoisotopic (exact) mass is 197 g/mol. The molecule has 1 unspecified atom stereocenters. The highest BCUT2D eigenvalue weighted by molar-refractivity contribution is 5.83. The number of likely N-dealkylation sites (N-methyl/N-ethyl adjacent to an activating group) is 1. The third kappa shape index (κ3) is 2.07. The van der Waals surface area contributed by atoms with Crippen molar-refractivity contribution in [1.82, 2.24) is 15.3 Å². The van der Waals surface area contributed by atoms with Gasteiger partial charge in [-0.25, -0.2) is 10.4 Å². The fourth-order valence-corrected chi connectivity index (χ4v) is 2.19. The van der Waals surface area contributed by atoms with Gasteiger partial charge < -0.3 is 4.90 Å². The maximum atomic E-state index is 11.6. The number of piperidine rings is 1. The van der Waals surface area contributed by atoms with Crippen molar-refractivity contribution < 1.29 is 4.79 Å². The van der Waals surface area contributed by atoms with Gasteiger partial charge >= 0.3 is 0 Å². The van der Waals surface area contributed by atoms with Gasteiger partial charge in [-0.3, -0.25) is 4.79 Å². The summed E-state index contributed by atoms with van der Waals surface area (Å²) in [6.45, 7) is 3.07. The van der Waals surface area contributed by atoms with Crippen molar-refractivity contribution in [2.75, 3.05) is 26.7 Å². The van der Waals surface area contributed by atoms with Crippen LogP contribution in [0.4, 0.5) is 0 Å². The smallest absolute Gasteiger partial charge is 0.240 e. The van der Waals surface area contributed by atoms with E-state index in [-0.39, 0.29) is 11.9 Å². The lowest BCUT2D eigenvalue weighted by atomic mass is 10.1. The van der Waals surface area contributed by atoms with E-state index in [1.165, 1.54) is 19.3 Å². The quantitative estimate of drug-likeness (QED) is 0.687. The second-order valence-electron chi connectivity index (χ2n) is 4.28. The van der Waals surface area contributed by atoms with Gasteiger partial charge in [0, 0.05) is 26.7 Å². The summed E-state index contributed by atoms with van der Waals surface area (Å²) in [6, 6.07) is 0.0399. The summed E-state index contributed by atoms with van der Waals surface area (Å²) in [5.74, 6) is 0.246. The molecule has 0 aromatic rings. The minimum absolute atomic E-state index is 0.0399. The number of likely N-dealkylation sites (tertiary alicyclic amines) is 1. The van der Waals surface area contributed by atoms with Gasteiger partial charge in [0.2, 0.25) is 5.91 Å². The first-order valence-corrected chi connectivity index (χ1v) is 5.53. The van der Waals surface area contributed by atoms with Crippen LogP contribution in [0.25, 0.3) is 0 Å². The number of amides is 1. The minimum Gasteiger partial charge on any atom is -0.344 e. The summed E-state index contributed by atoms with van der Waals surface area (Å²) in [4.78, 5) is 13.4. The van der Waals surface area contributed by atoms with Crippen LogP contribution >= 0.6 is 0 Å². The zero-order valence-corrected chi connectivity index (χ0v) is 8.83. The molecule has 4 heteroatoms. The van der Waals surface area contributed by atoms with Crippen LogP contribution in [0.15, 0.2) is 0 Å². The van der Waals surface area contributed by atoms with Gasteiger partial charge in [0.25, 0.3) is 0 Å². The van der Waals surface area contributed by atoms with Crippen LogP contribution in [0, 0.1) is 0 Å². The first-order valence-electron chi connectivity index (χ1n) is 5.53. The molecule has 0 saturated carbocycles. The lowest BCUT2D eigenvalue weighted by molar-refractivity contribution is -0.129. The highest BCUT2D eigenvalue weighted by atomic mass is 16.2. The third-order valence-corrected chi connectivity index (χ3v) is 3.12. The van der Waals surface area contributed by atoms with Gasteiger partial charge in [0.15, 0.2) is 0 Å². The van der Waals surface area contributed by atoms with E-state index < -0.39 is 0 Å². The number of nitrogens with one attached hydrogen (secondary N) is 1. The lowest BCUT2D eigenvalue weighted by Crippen LogP contribution is -2.49. The molecule has 0 spiro atoms. The maximum absolute atomic E-state index is 11.6. The van der Waals surface area contributed by atoms with Gasteiger partial charge in [0.05, 0.1) is 0 Å². The molecule has 4 nitrogen and oxygen atoms in total. The van der Waals surface area contributed by atoms with Gasteiger partial charge in [-0.1, -0.05) is 6.42 Å². The van der Waals surface area contributed by atoms with Crippen molar-refractivity contribution in [3.8, 4) is 0 Å². The fourth-order valence-electron chi connectivity index (χ4n) is 2.19. The lowest BCUT2D eigenvalue weighted by Gasteiger charge is -2.29. The predicted octanol–water partition coefficient (Wildman–Crippen LogP) is 0.208. The molecular weight excluding hydrogens is 178 g/mol. The van der Waals surface area contributed by atoms with E-state index in [0.29, 0.717) is 0 Å². The Hall–Kier alpha value is -0.610. The van der Waals surface area contributed by atoms with Gasteiger partial charge in [-0.15, -0.1) is 0 Å². The molecule has 0 aromatic carbocycles. The van der Waals surface area contributed by atoms with E-state index in [4.69, 9.17) is 0 Å². The van der Waals surface area contributed by atoms with Gasteiger partial charge in [-0.05, 0) is 19.3 Å².